The summed E-state index contributed by atoms with van der Waals surface area (Å²) in [6.07, 6.45) is 9.77. The van der Waals surface area contributed by atoms with Crippen molar-refractivity contribution in [1.29, 1.82) is 0 Å². The van der Waals surface area contributed by atoms with Gasteiger partial charge in [-0.3, -0.25) is 0 Å². The van der Waals surface area contributed by atoms with Crippen LogP contribution in [-0.4, -0.2) is 24.3 Å². The highest BCUT2D eigenvalue weighted by atomic mass is 16.3. The van der Waals surface area contributed by atoms with Gasteiger partial charge in [-0.2, -0.15) is 0 Å². The summed E-state index contributed by atoms with van der Waals surface area (Å²) in [5.41, 5.74) is 3.74. The van der Waals surface area contributed by atoms with E-state index in [4.69, 9.17) is 0 Å². The average molecular weight is 281 g/mol. The lowest BCUT2D eigenvalue weighted by Crippen LogP contribution is -2.69. The predicted octanol–water partition coefficient (Wildman–Crippen LogP) is 2.42. The molecule has 1 aromatic rings. The van der Waals surface area contributed by atoms with Gasteiger partial charge in [0, 0.05) is 23.5 Å². The molecule has 1 unspecified atom stereocenters. The lowest BCUT2D eigenvalue weighted by atomic mass is 9.39. The van der Waals surface area contributed by atoms with E-state index in [-0.39, 0.29) is 5.41 Å². The molecular weight excluding hydrogens is 258 g/mol. The maximum absolute atomic E-state index is 9.80. The topological polar surface area (TPSA) is 32.3 Å². The molecule has 1 saturated carbocycles. The summed E-state index contributed by atoms with van der Waals surface area (Å²) in [7, 11) is 0. The van der Waals surface area contributed by atoms with Gasteiger partial charge in [-0.25, -0.2) is 0 Å². The maximum atomic E-state index is 9.80. The molecule has 2 N–H and O–H groups in total. The van der Waals surface area contributed by atoms with Gasteiger partial charge in [0.15, 0.2) is 0 Å². The van der Waals surface area contributed by atoms with Gasteiger partial charge in [-0.05, 0) is 55.2 Å². The van der Waals surface area contributed by atoms with Gasteiger partial charge in [0.1, 0.15) is 0 Å². The molecule has 6 rings (SSSR count). The van der Waals surface area contributed by atoms with Gasteiger partial charge in [-0.15, -0.1) is 0 Å². The van der Waals surface area contributed by atoms with E-state index in [0.717, 1.165) is 19.4 Å². The van der Waals surface area contributed by atoms with Crippen LogP contribution in [0.1, 0.15) is 30.4 Å². The van der Waals surface area contributed by atoms with Gasteiger partial charge in [0.25, 0.3) is 0 Å². The molecule has 1 spiro atoms. The first-order chi connectivity index (χ1) is 10.3. The second-order valence-electron chi connectivity index (χ2n) is 7.61. The number of hydrogen-bond acceptors (Lipinski definition) is 2. The molecular formula is C19H23NO. The molecule has 1 saturated heterocycles. The number of allylic oxidation sites excluding steroid dienone is 1. The Morgan fingerprint density at radius 3 is 3.05 bits per heavy atom. The monoisotopic (exact) mass is 281 g/mol. The number of piperidine rings is 1. The zero-order valence-electron chi connectivity index (χ0n) is 12.4. The molecule has 5 atom stereocenters. The molecule has 0 aromatic heterocycles. The maximum Gasteiger partial charge on any atom is 0.0465 e. The van der Waals surface area contributed by atoms with Crippen LogP contribution >= 0.6 is 0 Å². The van der Waals surface area contributed by atoms with Gasteiger partial charge >= 0.3 is 0 Å². The smallest absolute Gasteiger partial charge is 0.0465 e. The normalized spacial score (nSPS) is 46.0. The van der Waals surface area contributed by atoms with E-state index in [1.54, 1.807) is 11.1 Å². The lowest BCUT2D eigenvalue weighted by molar-refractivity contribution is -0.0549. The summed E-state index contributed by atoms with van der Waals surface area (Å²) in [6, 6.07) is 9.68. The van der Waals surface area contributed by atoms with Crippen molar-refractivity contribution in [1.82, 2.24) is 5.32 Å². The zero-order valence-corrected chi connectivity index (χ0v) is 12.4. The third-order valence-electron chi connectivity index (χ3n) is 7.08. The van der Waals surface area contributed by atoms with Crippen molar-refractivity contribution in [3.63, 3.8) is 0 Å². The molecule has 4 bridgehead atoms. The first-order valence-corrected chi connectivity index (χ1v) is 8.41. The second kappa shape index (κ2) is 3.99. The molecule has 0 radical (unpaired) electrons. The van der Waals surface area contributed by atoms with E-state index in [9.17, 15) is 5.11 Å². The molecule has 2 fully saturated rings. The summed E-state index contributed by atoms with van der Waals surface area (Å²) in [6.45, 7) is 1.49. The van der Waals surface area contributed by atoms with Crippen molar-refractivity contribution in [3.05, 3.63) is 47.5 Å². The van der Waals surface area contributed by atoms with Crippen LogP contribution in [-0.2, 0) is 11.8 Å². The summed E-state index contributed by atoms with van der Waals surface area (Å²) < 4.78 is 0. The standard InChI is InChI=1S/C19H23NO/c21-12-15-11-19-6-5-14(15)10-18(19)7-8-20-17(19)9-13-3-1-2-4-16(13)18/h1-6,14-15,17,20-21H,7-12H2/t14-,15?,17-,18-,19-/m1/s1. The summed E-state index contributed by atoms with van der Waals surface area (Å²) in [5.74, 6) is 1.04. The third-order valence-corrected chi connectivity index (χ3v) is 7.08. The third kappa shape index (κ3) is 1.32. The summed E-state index contributed by atoms with van der Waals surface area (Å²) in [4.78, 5) is 0. The fourth-order valence-corrected chi connectivity index (χ4v) is 6.19. The van der Waals surface area contributed by atoms with Crippen molar-refractivity contribution in [2.24, 2.45) is 17.3 Å². The van der Waals surface area contributed by atoms with Crippen LogP contribution in [0.3, 0.4) is 0 Å². The predicted molar refractivity (Wildman–Crippen MR) is 83.1 cm³/mol. The molecule has 5 aliphatic rings. The number of aliphatic hydroxyl groups excluding tert-OH is 1. The van der Waals surface area contributed by atoms with Crippen LogP contribution < -0.4 is 5.32 Å². The Balaban J connectivity index is 1.76. The van der Waals surface area contributed by atoms with E-state index in [2.05, 4.69) is 41.7 Å². The largest absolute Gasteiger partial charge is 0.396 e. The SMILES string of the molecule is OCC1C[C@@]23C=C[C@@H]1C[C@@]21CCN[C@@H]3Cc2ccccc21. The molecule has 1 aliphatic heterocycles. The molecule has 21 heavy (non-hydrogen) atoms. The minimum Gasteiger partial charge on any atom is -0.396 e. The van der Waals surface area contributed by atoms with Crippen LogP contribution in [0.25, 0.3) is 0 Å². The van der Waals surface area contributed by atoms with Crippen LogP contribution in [0.2, 0.25) is 0 Å². The van der Waals surface area contributed by atoms with Gasteiger partial charge < -0.3 is 10.4 Å². The minimum absolute atomic E-state index is 0.238. The quantitative estimate of drug-likeness (QED) is 0.775. The fraction of sp³-hybridized carbons (Fsp3) is 0.579. The summed E-state index contributed by atoms with van der Waals surface area (Å²) >= 11 is 0. The van der Waals surface area contributed by atoms with E-state index in [0.29, 0.717) is 29.9 Å². The van der Waals surface area contributed by atoms with Crippen LogP contribution in [0.4, 0.5) is 0 Å². The number of hydrogen-bond donors (Lipinski definition) is 2. The fourth-order valence-electron chi connectivity index (χ4n) is 6.19. The molecule has 4 aliphatic carbocycles. The Labute approximate surface area is 126 Å². The van der Waals surface area contributed by atoms with Gasteiger partial charge in [0.05, 0.1) is 0 Å². The first kappa shape index (κ1) is 12.4. The molecule has 1 heterocycles. The highest BCUT2D eigenvalue weighted by molar-refractivity contribution is 5.48. The first-order valence-electron chi connectivity index (χ1n) is 8.41. The van der Waals surface area contributed by atoms with Crippen molar-refractivity contribution >= 4 is 0 Å². The van der Waals surface area contributed by atoms with Crippen molar-refractivity contribution in [2.75, 3.05) is 13.2 Å². The van der Waals surface area contributed by atoms with Crippen LogP contribution in [0.5, 0.6) is 0 Å². The number of fused-ring (bicyclic) bond motifs is 2. The van der Waals surface area contributed by atoms with Crippen LogP contribution in [0.15, 0.2) is 36.4 Å². The van der Waals surface area contributed by atoms with Crippen molar-refractivity contribution in [3.8, 4) is 0 Å². The number of benzene rings is 1. The van der Waals surface area contributed by atoms with E-state index in [1.807, 2.05) is 0 Å². The molecule has 0 amide bonds. The number of aliphatic hydroxyl groups is 1. The molecule has 2 nitrogen and oxygen atoms in total. The van der Waals surface area contributed by atoms with Gasteiger partial charge in [0.2, 0.25) is 0 Å². The Kier molecular flexibility index (Phi) is 2.36. The Hall–Kier alpha value is -1.12. The number of nitrogens with one attached hydrogen (secondary N) is 1. The lowest BCUT2D eigenvalue weighted by Gasteiger charge is -2.67. The highest BCUT2D eigenvalue weighted by Crippen LogP contribution is 2.66. The Morgan fingerprint density at radius 1 is 1.24 bits per heavy atom. The average Bonchev–Trinajstić information content (AvgIpc) is 2.54. The summed E-state index contributed by atoms with van der Waals surface area (Å²) in [5, 5.41) is 13.6. The Bertz CT molecular complexity index is 624. The van der Waals surface area contributed by atoms with Gasteiger partial charge in [-0.1, -0.05) is 36.4 Å². The van der Waals surface area contributed by atoms with E-state index < -0.39 is 0 Å². The highest BCUT2D eigenvalue weighted by Gasteiger charge is 2.65. The zero-order chi connectivity index (χ0) is 14.1. The number of rotatable bonds is 1. The van der Waals surface area contributed by atoms with E-state index in [1.165, 1.54) is 12.8 Å². The molecule has 1 aromatic carbocycles. The molecule has 2 heteroatoms. The minimum atomic E-state index is 0.238. The Morgan fingerprint density at radius 2 is 2.14 bits per heavy atom. The molecule has 110 valence electrons. The van der Waals surface area contributed by atoms with Crippen molar-refractivity contribution < 1.29 is 5.11 Å². The van der Waals surface area contributed by atoms with Crippen LogP contribution in [0, 0.1) is 17.3 Å². The second-order valence-corrected chi connectivity index (χ2v) is 7.61. The van der Waals surface area contributed by atoms with Crippen molar-refractivity contribution in [2.45, 2.75) is 37.1 Å². The van der Waals surface area contributed by atoms with E-state index >= 15 is 0 Å².